The van der Waals surface area contributed by atoms with Gasteiger partial charge >= 0.3 is 0 Å². The number of nitrogens with zero attached hydrogens (tertiary/aromatic N) is 1. The fourth-order valence-electron chi connectivity index (χ4n) is 1.76. The summed E-state index contributed by atoms with van der Waals surface area (Å²) in [5.41, 5.74) is 2.44. The average molecular weight is 271 g/mol. The molecule has 1 aromatic rings. The molecular formula is C12H19BrN2. The summed E-state index contributed by atoms with van der Waals surface area (Å²) in [4.78, 5) is 4.49. The first-order chi connectivity index (χ1) is 7.06. The SMILES string of the molecule is CCNC(C)C(C)c1ncc(Br)cc1C. The number of rotatable bonds is 4. The molecule has 0 radical (unpaired) electrons. The van der Waals surface area contributed by atoms with E-state index in [2.05, 4.69) is 60.0 Å². The van der Waals surface area contributed by atoms with E-state index < -0.39 is 0 Å². The molecule has 0 aliphatic rings. The van der Waals surface area contributed by atoms with Crippen molar-refractivity contribution in [3.63, 3.8) is 0 Å². The molecule has 0 aromatic carbocycles. The molecule has 3 heteroatoms. The summed E-state index contributed by atoms with van der Waals surface area (Å²) in [5, 5.41) is 3.43. The number of aromatic nitrogens is 1. The molecular weight excluding hydrogens is 252 g/mol. The van der Waals surface area contributed by atoms with Crippen LogP contribution in [0.3, 0.4) is 0 Å². The number of halogens is 1. The van der Waals surface area contributed by atoms with Gasteiger partial charge in [-0.2, -0.15) is 0 Å². The Bertz CT molecular complexity index is 325. The van der Waals surface area contributed by atoms with Gasteiger partial charge in [-0.05, 0) is 48.0 Å². The van der Waals surface area contributed by atoms with Gasteiger partial charge in [0.2, 0.25) is 0 Å². The third-order valence-corrected chi connectivity index (χ3v) is 3.23. The van der Waals surface area contributed by atoms with Crippen LogP contribution in [-0.2, 0) is 0 Å². The normalized spacial score (nSPS) is 15.0. The second kappa shape index (κ2) is 5.61. The van der Waals surface area contributed by atoms with Gasteiger partial charge in [-0.25, -0.2) is 0 Å². The Morgan fingerprint density at radius 1 is 1.47 bits per heavy atom. The number of hydrogen-bond acceptors (Lipinski definition) is 2. The molecule has 1 aromatic heterocycles. The summed E-state index contributed by atoms with van der Waals surface area (Å²) in [6.07, 6.45) is 1.87. The van der Waals surface area contributed by atoms with Crippen LogP contribution in [0.2, 0.25) is 0 Å². The first-order valence-corrected chi connectivity index (χ1v) is 6.21. The van der Waals surface area contributed by atoms with E-state index in [1.54, 1.807) is 0 Å². The highest BCUT2D eigenvalue weighted by molar-refractivity contribution is 9.10. The largest absolute Gasteiger partial charge is 0.314 e. The highest BCUT2D eigenvalue weighted by Gasteiger charge is 2.16. The van der Waals surface area contributed by atoms with E-state index in [0.717, 1.165) is 11.0 Å². The zero-order valence-electron chi connectivity index (χ0n) is 9.84. The summed E-state index contributed by atoms with van der Waals surface area (Å²) >= 11 is 3.44. The van der Waals surface area contributed by atoms with Crippen LogP contribution in [-0.4, -0.2) is 17.6 Å². The lowest BCUT2D eigenvalue weighted by Gasteiger charge is -2.21. The maximum Gasteiger partial charge on any atom is 0.0477 e. The van der Waals surface area contributed by atoms with Gasteiger partial charge in [0.25, 0.3) is 0 Å². The maximum atomic E-state index is 4.49. The average Bonchev–Trinajstić information content (AvgIpc) is 2.17. The third-order valence-electron chi connectivity index (χ3n) is 2.79. The Balaban J connectivity index is 2.86. The standard InChI is InChI=1S/C12H19BrN2/c1-5-14-10(4)9(3)12-8(2)6-11(13)7-15-12/h6-7,9-10,14H,5H2,1-4H3. The summed E-state index contributed by atoms with van der Waals surface area (Å²) < 4.78 is 1.05. The predicted octanol–water partition coefficient (Wildman–Crippen LogP) is 3.25. The smallest absolute Gasteiger partial charge is 0.0477 e. The zero-order chi connectivity index (χ0) is 11.4. The van der Waals surface area contributed by atoms with Crippen molar-refractivity contribution in [1.82, 2.24) is 10.3 Å². The monoisotopic (exact) mass is 270 g/mol. The number of aryl methyl sites for hydroxylation is 1. The molecule has 0 spiro atoms. The number of nitrogens with one attached hydrogen (secondary N) is 1. The molecule has 1 heterocycles. The van der Waals surface area contributed by atoms with Crippen molar-refractivity contribution in [2.45, 2.75) is 39.7 Å². The lowest BCUT2D eigenvalue weighted by atomic mass is 9.96. The van der Waals surface area contributed by atoms with Crippen LogP contribution < -0.4 is 5.32 Å². The second-order valence-electron chi connectivity index (χ2n) is 3.99. The second-order valence-corrected chi connectivity index (χ2v) is 4.91. The minimum absolute atomic E-state index is 0.443. The molecule has 0 aliphatic heterocycles. The van der Waals surface area contributed by atoms with Gasteiger partial charge in [-0.1, -0.05) is 13.8 Å². The van der Waals surface area contributed by atoms with Gasteiger partial charge in [0.1, 0.15) is 0 Å². The third kappa shape index (κ3) is 3.28. The Hall–Kier alpha value is -0.410. The molecule has 84 valence electrons. The minimum atomic E-state index is 0.443. The summed E-state index contributed by atoms with van der Waals surface area (Å²) in [6.45, 7) is 9.67. The Kier molecular flexibility index (Phi) is 4.74. The molecule has 0 saturated heterocycles. The van der Waals surface area contributed by atoms with Crippen LogP contribution >= 0.6 is 15.9 Å². The minimum Gasteiger partial charge on any atom is -0.314 e. The molecule has 15 heavy (non-hydrogen) atoms. The lowest BCUT2D eigenvalue weighted by molar-refractivity contribution is 0.486. The molecule has 1 N–H and O–H groups in total. The van der Waals surface area contributed by atoms with Crippen LogP contribution in [0.25, 0.3) is 0 Å². The van der Waals surface area contributed by atoms with Gasteiger partial charge in [0, 0.05) is 28.3 Å². The van der Waals surface area contributed by atoms with Gasteiger partial charge in [-0.3, -0.25) is 4.98 Å². The van der Waals surface area contributed by atoms with Crippen molar-refractivity contribution in [3.8, 4) is 0 Å². The molecule has 0 bridgehead atoms. The topological polar surface area (TPSA) is 24.9 Å². The van der Waals surface area contributed by atoms with E-state index >= 15 is 0 Å². The van der Waals surface area contributed by atoms with Crippen LogP contribution in [0, 0.1) is 6.92 Å². The Labute approximate surface area is 101 Å². The summed E-state index contributed by atoms with van der Waals surface area (Å²) in [7, 11) is 0. The van der Waals surface area contributed by atoms with Crippen molar-refractivity contribution in [1.29, 1.82) is 0 Å². The van der Waals surface area contributed by atoms with Crippen molar-refractivity contribution < 1.29 is 0 Å². The van der Waals surface area contributed by atoms with Crippen LogP contribution in [0.5, 0.6) is 0 Å². The summed E-state index contributed by atoms with van der Waals surface area (Å²) in [6, 6.07) is 2.58. The highest BCUT2D eigenvalue weighted by Crippen LogP contribution is 2.22. The molecule has 0 aliphatic carbocycles. The van der Waals surface area contributed by atoms with Crippen molar-refractivity contribution in [2.24, 2.45) is 0 Å². The fraction of sp³-hybridized carbons (Fsp3) is 0.583. The Morgan fingerprint density at radius 2 is 2.13 bits per heavy atom. The van der Waals surface area contributed by atoms with Gasteiger partial charge in [0.05, 0.1) is 0 Å². The molecule has 2 nitrogen and oxygen atoms in total. The fourth-order valence-corrected chi connectivity index (χ4v) is 2.21. The van der Waals surface area contributed by atoms with Crippen molar-refractivity contribution in [3.05, 3.63) is 28.0 Å². The van der Waals surface area contributed by atoms with E-state index in [4.69, 9.17) is 0 Å². The van der Waals surface area contributed by atoms with E-state index in [9.17, 15) is 0 Å². The zero-order valence-corrected chi connectivity index (χ0v) is 11.4. The van der Waals surface area contributed by atoms with Crippen LogP contribution in [0.4, 0.5) is 0 Å². The molecule has 0 saturated carbocycles. The first-order valence-electron chi connectivity index (χ1n) is 5.41. The van der Waals surface area contributed by atoms with Crippen molar-refractivity contribution in [2.75, 3.05) is 6.54 Å². The van der Waals surface area contributed by atoms with Crippen LogP contribution in [0.15, 0.2) is 16.7 Å². The van der Waals surface area contributed by atoms with E-state index in [0.29, 0.717) is 12.0 Å². The highest BCUT2D eigenvalue weighted by atomic mass is 79.9. The van der Waals surface area contributed by atoms with Gasteiger partial charge in [0.15, 0.2) is 0 Å². The molecule has 1 rings (SSSR count). The molecule has 2 atom stereocenters. The molecule has 0 amide bonds. The van der Waals surface area contributed by atoms with E-state index in [1.807, 2.05) is 6.20 Å². The van der Waals surface area contributed by atoms with Gasteiger partial charge in [-0.15, -0.1) is 0 Å². The quantitative estimate of drug-likeness (QED) is 0.909. The number of pyridine rings is 1. The van der Waals surface area contributed by atoms with Gasteiger partial charge < -0.3 is 5.32 Å². The maximum absolute atomic E-state index is 4.49. The lowest BCUT2D eigenvalue weighted by Crippen LogP contribution is -2.31. The number of likely N-dealkylation sites (N-methyl/N-ethyl adjacent to an activating group) is 1. The Morgan fingerprint density at radius 3 is 2.67 bits per heavy atom. The molecule has 0 fully saturated rings. The number of hydrogen-bond donors (Lipinski definition) is 1. The van der Waals surface area contributed by atoms with E-state index in [-0.39, 0.29) is 0 Å². The summed E-state index contributed by atoms with van der Waals surface area (Å²) in [5.74, 6) is 0.443. The predicted molar refractivity (Wildman–Crippen MR) is 68.2 cm³/mol. The molecule has 2 unspecified atom stereocenters. The van der Waals surface area contributed by atoms with E-state index in [1.165, 1.54) is 11.3 Å². The van der Waals surface area contributed by atoms with Crippen molar-refractivity contribution >= 4 is 15.9 Å². The van der Waals surface area contributed by atoms with Crippen LogP contribution in [0.1, 0.15) is 37.9 Å². The first kappa shape index (κ1) is 12.7.